The summed E-state index contributed by atoms with van der Waals surface area (Å²) in [6.45, 7) is 6.20. The van der Waals surface area contributed by atoms with Gasteiger partial charge in [0, 0.05) is 17.1 Å². The molecular weight excluding hydrogens is 226 g/mol. The molecule has 0 saturated carbocycles. The molecule has 3 heteroatoms. The van der Waals surface area contributed by atoms with Crippen molar-refractivity contribution in [3.8, 4) is 0 Å². The van der Waals surface area contributed by atoms with Crippen molar-refractivity contribution in [3.63, 3.8) is 0 Å². The van der Waals surface area contributed by atoms with Gasteiger partial charge in [0.15, 0.2) is 0 Å². The first-order valence-corrected chi connectivity index (χ1v) is 6.29. The average Bonchev–Trinajstić information content (AvgIpc) is 2.70. The zero-order chi connectivity index (χ0) is 13.3. The van der Waals surface area contributed by atoms with Gasteiger partial charge < -0.3 is 10.1 Å². The van der Waals surface area contributed by atoms with Gasteiger partial charge in [-0.15, -0.1) is 0 Å². The predicted octanol–water partition coefficient (Wildman–Crippen LogP) is 3.69. The number of carbonyl (C=O) groups is 1. The lowest BCUT2D eigenvalue weighted by atomic mass is 9.85. The first-order valence-electron chi connectivity index (χ1n) is 6.29. The Labute approximate surface area is 107 Å². The van der Waals surface area contributed by atoms with Crippen molar-refractivity contribution < 1.29 is 9.90 Å². The van der Waals surface area contributed by atoms with Gasteiger partial charge in [0.05, 0.1) is 6.42 Å². The molecule has 2 rings (SSSR count). The van der Waals surface area contributed by atoms with E-state index in [2.05, 4.69) is 37.9 Å². The van der Waals surface area contributed by atoms with Crippen molar-refractivity contribution in [2.75, 3.05) is 0 Å². The summed E-state index contributed by atoms with van der Waals surface area (Å²) >= 11 is 0. The lowest BCUT2D eigenvalue weighted by Gasteiger charge is -2.18. The van der Waals surface area contributed by atoms with E-state index >= 15 is 0 Å². The van der Waals surface area contributed by atoms with Crippen molar-refractivity contribution in [3.05, 3.63) is 35.5 Å². The molecule has 1 aromatic carbocycles. The van der Waals surface area contributed by atoms with Gasteiger partial charge in [0.25, 0.3) is 0 Å². The summed E-state index contributed by atoms with van der Waals surface area (Å²) in [7, 11) is 0. The number of aromatic nitrogens is 1. The van der Waals surface area contributed by atoms with Crippen LogP contribution in [0.2, 0.25) is 0 Å². The number of benzene rings is 1. The minimum Gasteiger partial charge on any atom is -0.481 e. The van der Waals surface area contributed by atoms with Gasteiger partial charge in [-0.3, -0.25) is 4.79 Å². The molecule has 2 N–H and O–H groups in total. The molecular formula is C15H19NO2. The molecule has 0 aliphatic rings. The number of aliphatic carboxylic acids is 1. The minimum atomic E-state index is -0.740. The molecule has 18 heavy (non-hydrogen) atoms. The van der Waals surface area contributed by atoms with E-state index in [1.165, 1.54) is 5.56 Å². The van der Waals surface area contributed by atoms with Crippen molar-refractivity contribution in [2.24, 2.45) is 5.92 Å². The molecule has 0 fully saturated rings. The molecule has 1 unspecified atom stereocenters. The summed E-state index contributed by atoms with van der Waals surface area (Å²) in [6.07, 6.45) is 2.14. The number of rotatable bonds is 4. The van der Waals surface area contributed by atoms with E-state index in [1.54, 1.807) is 0 Å². The third-order valence-electron chi connectivity index (χ3n) is 3.55. The molecule has 0 spiro atoms. The van der Waals surface area contributed by atoms with Gasteiger partial charge in [-0.05, 0) is 29.9 Å². The predicted molar refractivity (Wildman–Crippen MR) is 72.9 cm³/mol. The second-order valence-electron chi connectivity index (χ2n) is 5.19. The number of hydrogen-bond donors (Lipinski definition) is 2. The molecule has 0 radical (unpaired) electrons. The van der Waals surface area contributed by atoms with Crippen LogP contribution in [0.25, 0.3) is 10.9 Å². The third-order valence-corrected chi connectivity index (χ3v) is 3.55. The standard InChI is InChI=1S/C15H19NO2/c1-9(2)12(7-14(17)18)13-8-16-15-10(3)5-4-6-11(13)15/h4-6,8-9,12,16H,7H2,1-3H3,(H,17,18). The Bertz CT molecular complexity index is 569. The van der Waals surface area contributed by atoms with Crippen LogP contribution >= 0.6 is 0 Å². The van der Waals surface area contributed by atoms with Crippen molar-refractivity contribution >= 4 is 16.9 Å². The van der Waals surface area contributed by atoms with Crippen molar-refractivity contribution in [1.82, 2.24) is 4.98 Å². The van der Waals surface area contributed by atoms with E-state index in [0.29, 0.717) is 5.92 Å². The zero-order valence-corrected chi connectivity index (χ0v) is 11.0. The molecule has 0 saturated heterocycles. The summed E-state index contributed by atoms with van der Waals surface area (Å²) in [4.78, 5) is 14.3. The normalized spacial score (nSPS) is 13.1. The highest BCUT2D eigenvalue weighted by atomic mass is 16.4. The van der Waals surface area contributed by atoms with E-state index in [4.69, 9.17) is 5.11 Å². The Morgan fingerprint density at radius 1 is 1.39 bits per heavy atom. The highest BCUT2D eigenvalue weighted by molar-refractivity contribution is 5.87. The van der Waals surface area contributed by atoms with E-state index < -0.39 is 5.97 Å². The zero-order valence-electron chi connectivity index (χ0n) is 11.0. The van der Waals surface area contributed by atoms with Crippen LogP contribution in [0.5, 0.6) is 0 Å². The smallest absolute Gasteiger partial charge is 0.303 e. The number of para-hydroxylation sites is 1. The van der Waals surface area contributed by atoms with Crippen molar-refractivity contribution in [2.45, 2.75) is 33.1 Å². The topological polar surface area (TPSA) is 53.1 Å². The number of aromatic amines is 1. The second kappa shape index (κ2) is 4.84. The van der Waals surface area contributed by atoms with Gasteiger partial charge >= 0.3 is 5.97 Å². The van der Waals surface area contributed by atoms with Crippen LogP contribution in [0.3, 0.4) is 0 Å². The lowest BCUT2D eigenvalue weighted by molar-refractivity contribution is -0.137. The van der Waals surface area contributed by atoms with Crippen LogP contribution in [-0.2, 0) is 4.79 Å². The summed E-state index contributed by atoms with van der Waals surface area (Å²) in [5.74, 6) is -0.380. The first kappa shape index (κ1) is 12.7. The molecule has 0 amide bonds. The second-order valence-corrected chi connectivity index (χ2v) is 5.19. The number of fused-ring (bicyclic) bond motifs is 1. The highest BCUT2D eigenvalue weighted by Gasteiger charge is 2.22. The van der Waals surface area contributed by atoms with Crippen molar-refractivity contribution in [1.29, 1.82) is 0 Å². The largest absolute Gasteiger partial charge is 0.481 e. The molecule has 0 bridgehead atoms. The summed E-state index contributed by atoms with van der Waals surface area (Å²) in [5, 5.41) is 10.2. The number of carboxylic acid groups (broad SMARTS) is 1. The van der Waals surface area contributed by atoms with Gasteiger partial charge in [-0.1, -0.05) is 32.0 Å². The van der Waals surface area contributed by atoms with Gasteiger partial charge in [0.2, 0.25) is 0 Å². The van der Waals surface area contributed by atoms with E-state index in [1.807, 2.05) is 12.3 Å². The molecule has 0 aliphatic carbocycles. The number of hydrogen-bond acceptors (Lipinski definition) is 1. The molecule has 1 aromatic heterocycles. The highest BCUT2D eigenvalue weighted by Crippen LogP contribution is 2.34. The van der Waals surface area contributed by atoms with Gasteiger partial charge in [-0.2, -0.15) is 0 Å². The number of carboxylic acids is 1. The summed E-state index contributed by atoms with van der Waals surface area (Å²) in [5.41, 5.74) is 3.42. The number of aryl methyl sites for hydroxylation is 1. The maximum absolute atomic E-state index is 11.0. The molecule has 3 nitrogen and oxygen atoms in total. The van der Waals surface area contributed by atoms with Crippen LogP contribution < -0.4 is 0 Å². The van der Waals surface area contributed by atoms with Crippen LogP contribution in [0.15, 0.2) is 24.4 Å². The maximum Gasteiger partial charge on any atom is 0.303 e. The molecule has 1 atom stereocenters. The first-order chi connectivity index (χ1) is 8.50. The fraction of sp³-hybridized carbons (Fsp3) is 0.400. The Kier molecular flexibility index (Phi) is 3.41. The minimum absolute atomic E-state index is 0.0537. The summed E-state index contributed by atoms with van der Waals surface area (Å²) < 4.78 is 0. The molecule has 0 aliphatic heterocycles. The fourth-order valence-corrected chi connectivity index (χ4v) is 2.53. The van der Waals surface area contributed by atoms with Crippen LogP contribution in [0, 0.1) is 12.8 Å². The Morgan fingerprint density at radius 3 is 2.72 bits per heavy atom. The average molecular weight is 245 g/mol. The quantitative estimate of drug-likeness (QED) is 0.863. The maximum atomic E-state index is 11.0. The third kappa shape index (κ3) is 2.26. The SMILES string of the molecule is Cc1cccc2c(C(CC(=O)O)C(C)C)c[nH]c12. The van der Waals surface area contributed by atoms with E-state index in [-0.39, 0.29) is 12.3 Å². The van der Waals surface area contributed by atoms with Gasteiger partial charge in [-0.25, -0.2) is 0 Å². The molecule has 1 heterocycles. The Morgan fingerprint density at radius 2 is 2.11 bits per heavy atom. The number of H-pyrrole nitrogens is 1. The monoisotopic (exact) mass is 245 g/mol. The Balaban J connectivity index is 2.51. The van der Waals surface area contributed by atoms with Crippen LogP contribution in [0.1, 0.15) is 37.3 Å². The lowest BCUT2D eigenvalue weighted by Crippen LogP contribution is -2.11. The summed E-state index contributed by atoms with van der Waals surface area (Å²) in [6, 6.07) is 6.14. The Hall–Kier alpha value is -1.77. The van der Waals surface area contributed by atoms with Crippen LogP contribution in [0.4, 0.5) is 0 Å². The molecule has 2 aromatic rings. The number of nitrogens with one attached hydrogen (secondary N) is 1. The van der Waals surface area contributed by atoms with E-state index in [9.17, 15) is 4.79 Å². The van der Waals surface area contributed by atoms with Gasteiger partial charge in [0.1, 0.15) is 0 Å². The van der Waals surface area contributed by atoms with E-state index in [0.717, 1.165) is 16.5 Å². The van der Waals surface area contributed by atoms with Crippen LogP contribution in [-0.4, -0.2) is 16.1 Å². The molecule has 96 valence electrons. The fourth-order valence-electron chi connectivity index (χ4n) is 2.53.